The molecule has 1 aliphatic rings. The van der Waals surface area contributed by atoms with Crippen molar-refractivity contribution in [2.75, 3.05) is 6.54 Å². The van der Waals surface area contributed by atoms with Gasteiger partial charge >= 0.3 is 5.97 Å². The standard InChI is InChI=1S/C15H17N3O4S/c1-10-8-16-17(2)14(10)23(21,22)18-9-12(13(18)15(19)20)11-6-4-3-5-7-11/h3-8,12-13H,9H2,1-2H3,(H,19,20)/t12-,13+/m1/s1. The molecule has 0 aliphatic carbocycles. The molecule has 1 aromatic heterocycles. The maximum Gasteiger partial charge on any atom is 0.322 e. The van der Waals surface area contributed by atoms with Gasteiger partial charge < -0.3 is 5.11 Å². The fraction of sp³-hybridized carbons (Fsp3) is 0.333. The van der Waals surface area contributed by atoms with E-state index in [-0.39, 0.29) is 17.5 Å². The van der Waals surface area contributed by atoms with Gasteiger partial charge in [-0.15, -0.1) is 0 Å². The lowest BCUT2D eigenvalue weighted by atomic mass is 9.85. The molecule has 1 saturated heterocycles. The number of rotatable bonds is 4. The third-order valence-electron chi connectivity index (χ3n) is 4.16. The second-order valence-corrected chi connectivity index (χ2v) is 7.44. The Morgan fingerprint density at radius 3 is 2.48 bits per heavy atom. The van der Waals surface area contributed by atoms with E-state index in [4.69, 9.17) is 0 Å². The van der Waals surface area contributed by atoms with Crippen LogP contribution in [0.1, 0.15) is 17.0 Å². The van der Waals surface area contributed by atoms with Gasteiger partial charge in [-0.3, -0.25) is 9.48 Å². The van der Waals surface area contributed by atoms with Crippen molar-refractivity contribution in [1.29, 1.82) is 0 Å². The van der Waals surface area contributed by atoms with Crippen LogP contribution in [0.2, 0.25) is 0 Å². The minimum Gasteiger partial charge on any atom is -0.480 e. The number of carbonyl (C=O) groups is 1. The number of hydrogen-bond acceptors (Lipinski definition) is 4. The van der Waals surface area contributed by atoms with Crippen LogP contribution in [0.5, 0.6) is 0 Å². The molecule has 0 spiro atoms. The Labute approximate surface area is 134 Å². The highest BCUT2D eigenvalue weighted by Gasteiger charge is 2.52. The van der Waals surface area contributed by atoms with E-state index in [0.717, 1.165) is 9.87 Å². The van der Waals surface area contributed by atoms with Crippen LogP contribution in [-0.4, -0.2) is 46.2 Å². The summed E-state index contributed by atoms with van der Waals surface area (Å²) in [6.07, 6.45) is 1.46. The monoisotopic (exact) mass is 335 g/mol. The van der Waals surface area contributed by atoms with Crippen molar-refractivity contribution in [2.45, 2.75) is 23.9 Å². The molecule has 23 heavy (non-hydrogen) atoms. The number of nitrogens with zero attached hydrogens (tertiary/aromatic N) is 3. The summed E-state index contributed by atoms with van der Waals surface area (Å²) < 4.78 is 27.9. The van der Waals surface area contributed by atoms with E-state index in [1.807, 2.05) is 30.3 Å². The Kier molecular flexibility index (Phi) is 3.73. The maximum atomic E-state index is 12.8. The van der Waals surface area contributed by atoms with Gasteiger partial charge in [0.2, 0.25) is 0 Å². The van der Waals surface area contributed by atoms with E-state index in [0.29, 0.717) is 5.56 Å². The average molecular weight is 335 g/mol. The van der Waals surface area contributed by atoms with Crippen LogP contribution in [0.4, 0.5) is 0 Å². The molecular weight excluding hydrogens is 318 g/mol. The zero-order valence-corrected chi connectivity index (χ0v) is 13.6. The maximum absolute atomic E-state index is 12.8. The fourth-order valence-corrected chi connectivity index (χ4v) is 4.97. The molecule has 1 N–H and O–H groups in total. The summed E-state index contributed by atoms with van der Waals surface area (Å²) in [5.41, 5.74) is 1.33. The Morgan fingerprint density at radius 1 is 1.30 bits per heavy atom. The lowest BCUT2D eigenvalue weighted by molar-refractivity contribution is -0.146. The normalized spacial score (nSPS) is 21.8. The van der Waals surface area contributed by atoms with Crippen molar-refractivity contribution in [2.24, 2.45) is 7.05 Å². The number of aliphatic carboxylic acids is 1. The molecule has 1 aliphatic heterocycles. The van der Waals surface area contributed by atoms with Crippen molar-refractivity contribution in [1.82, 2.24) is 14.1 Å². The third-order valence-corrected chi connectivity index (χ3v) is 6.23. The summed E-state index contributed by atoms with van der Waals surface area (Å²) in [6, 6.07) is 8.01. The lowest BCUT2D eigenvalue weighted by Gasteiger charge is -2.44. The number of aryl methyl sites for hydroxylation is 2. The number of benzene rings is 1. The van der Waals surface area contributed by atoms with Crippen LogP contribution < -0.4 is 0 Å². The predicted molar refractivity (Wildman–Crippen MR) is 82.4 cm³/mol. The highest BCUT2D eigenvalue weighted by atomic mass is 32.2. The van der Waals surface area contributed by atoms with E-state index < -0.39 is 22.0 Å². The molecule has 0 saturated carbocycles. The first-order valence-corrected chi connectivity index (χ1v) is 8.56. The van der Waals surface area contributed by atoms with Gasteiger partial charge in [0.15, 0.2) is 5.03 Å². The molecule has 3 rings (SSSR count). The number of hydrogen-bond donors (Lipinski definition) is 1. The molecular formula is C15H17N3O4S. The summed E-state index contributed by atoms with van der Waals surface area (Å²) in [7, 11) is -2.37. The number of sulfonamides is 1. The Bertz CT molecular complexity index is 825. The molecule has 1 aromatic carbocycles. The largest absolute Gasteiger partial charge is 0.480 e. The summed E-state index contributed by atoms with van der Waals surface area (Å²) in [6.45, 7) is 1.79. The van der Waals surface area contributed by atoms with E-state index in [1.165, 1.54) is 17.9 Å². The van der Waals surface area contributed by atoms with E-state index in [9.17, 15) is 18.3 Å². The Morgan fingerprint density at radius 2 is 1.96 bits per heavy atom. The summed E-state index contributed by atoms with van der Waals surface area (Å²) in [5.74, 6) is -1.49. The molecule has 0 bridgehead atoms. The first-order valence-electron chi connectivity index (χ1n) is 7.12. The second kappa shape index (κ2) is 5.47. The molecule has 2 heterocycles. The molecule has 1 fully saturated rings. The minimum atomic E-state index is -3.90. The summed E-state index contributed by atoms with van der Waals surface area (Å²) in [5, 5.41) is 13.5. The molecule has 2 atom stereocenters. The zero-order chi connectivity index (χ0) is 16.8. The lowest BCUT2D eigenvalue weighted by Crippen LogP contribution is -2.60. The van der Waals surface area contributed by atoms with Gasteiger partial charge in [0.05, 0.1) is 6.20 Å². The third kappa shape index (κ3) is 2.43. The molecule has 0 amide bonds. The average Bonchev–Trinajstić information content (AvgIpc) is 2.78. The second-order valence-electron chi connectivity index (χ2n) is 5.63. The van der Waals surface area contributed by atoms with Crippen molar-refractivity contribution < 1.29 is 18.3 Å². The molecule has 0 unspecified atom stereocenters. The van der Waals surface area contributed by atoms with Crippen molar-refractivity contribution in [3.8, 4) is 0 Å². The van der Waals surface area contributed by atoms with Crippen LogP contribution in [-0.2, 0) is 21.9 Å². The highest BCUT2D eigenvalue weighted by Crippen LogP contribution is 2.38. The first-order chi connectivity index (χ1) is 10.8. The van der Waals surface area contributed by atoms with E-state index in [1.54, 1.807) is 6.92 Å². The molecule has 7 nitrogen and oxygen atoms in total. The quantitative estimate of drug-likeness (QED) is 0.899. The summed E-state index contributed by atoms with van der Waals surface area (Å²) >= 11 is 0. The van der Waals surface area contributed by atoms with Gasteiger partial charge in [-0.2, -0.15) is 9.40 Å². The van der Waals surface area contributed by atoms with Crippen LogP contribution in [0.15, 0.2) is 41.6 Å². The molecule has 2 aromatic rings. The van der Waals surface area contributed by atoms with Crippen molar-refractivity contribution >= 4 is 16.0 Å². The topological polar surface area (TPSA) is 92.5 Å². The molecule has 122 valence electrons. The summed E-state index contributed by atoms with van der Waals surface area (Å²) in [4.78, 5) is 11.6. The predicted octanol–water partition coefficient (Wildman–Crippen LogP) is 0.970. The highest BCUT2D eigenvalue weighted by molar-refractivity contribution is 7.89. The van der Waals surface area contributed by atoms with E-state index in [2.05, 4.69) is 5.10 Å². The number of carboxylic acids is 1. The SMILES string of the molecule is Cc1cnn(C)c1S(=O)(=O)N1C[C@H](c2ccccc2)[C@H]1C(=O)O. The van der Waals surface area contributed by atoms with E-state index >= 15 is 0 Å². The van der Waals surface area contributed by atoms with Crippen LogP contribution in [0.3, 0.4) is 0 Å². The fourth-order valence-electron chi connectivity index (χ4n) is 3.02. The van der Waals surface area contributed by atoms with Crippen LogP contribution in [0, 0.1) is 6.92 Å². The molecule has 8 heteroatoms. The van der Waals surface area contributed by atoms with Gasteiger partial charge in [-0.05, 0) is 12.5 Å². The van der Waals surface area contributed by atoms with Crippen LogP contribution >= 0.6 is 0 Å². The van der Waals surface area contributed by atoms with Gasteiger partial charge in [0.1, 0.15) is 6.04 Å². The van der Waals surface area contributed by atoms with Gasteiger partial charge in [-0.1, -0.05) is 30.3 Å². The van der Waals surface area contributed by atoms with Gasteiger partial charge in [-0.25, -0.2) is 8.42 Å². The van der Waals surface area contributed by atoms with Crippen LogP contribution in [0.25, 0.3) is 0 Å². The zero-order valence-electron chi connectivity index (χ0n) is 12.7. The van der Waals surface area contributed by atoms with Gasteiger partial charge in [0, 0.05) is 25.1 Å². The Balaban J connectivity index is 1.97. The van der Waals surface area contributed by atoms with Crippen molar-refractivity contribution in [3.63, 3.8) is 0 Å². The smallest absolute Gasteiger partial charge is 0.322 e. The molecule has 0 radical (unpaired) electrons. The van der Waals surface area contributed by atoms with Crippen molar-refractivity contribution in [3.05, 3.63) is 47.7 Å². The number of carboxylic acid groups (broad SMARTS) is 1. The minimum absolute atomic E-state index is 0.0373. The first kappa shape index (κ1) is 15.7. The number of aromatic nitrogens is 2. The Hall–Kier alpha value is -2.19. The van der Waals surface area contributed by atoms with Gasteiger partial charge in [0.25, 0.3) is 10.0 Å².